The van der Waals surface area contributed by atoms with Crippen LogP contribution in [0.25, 0.3) is 11.1 Å². The van der Waals surface area contributed by atoms with Crippen molar-refractivity contribution in [2.24, 2.45) is 5.73 Å². The number of carboxylic acid groups (broad SMARTS) is 1. The molecule has 0 aliphatic heterocycles. The summed E-state index contributed by atoms with van der Waals surface area (Å²) in [6, 6.07) is 16.5. The number of halogens is 3. The Balaban J connectivity index is 0.00000256. The Kier molecular flexibility index (Phi) is 6.66. The zero-order chi connectivity index (χ0) is 20.5. The fourth-order valence-electron chi connectivity index (χ4n) is 3.82. The molecule has 3 N–H and O–H groups in total. The molecular formula is C23H20Cl2FNO3. The fraction of sp³-hybridized carbons (Fsp3) is 0.174. The SMILES string of the molecule is Cl.NC1CCc2ccc(Oc3ccccc3-c3cc(F)cc(Cl)c3)cc2C1C(=O)O. The Morgan fingerprint density at radius 1 is 1.13 bits per heavy atom. The number of aliphatic carboxylic acids is 1. The second-order valence-corrected chi connectivity index (χ2v) is 7.57. The van der Waals surface area contributed by atoms with Crippen LogP contribution in [0.3, 0.4) is 0 Å². The van der Waals surface area contributed by atoms with Crippen molar-refractivity contribution in [2.75, 3.05) is 0 Å². The first-order valence-electron chi connectivity index (χ1n) is 9.27. The van der Waals surface area contributed by atoms with Gasteiger partial charge < -0.3 is 15.6 Å². The van der Waals surface area contributed by atoms with Gasteiger partial charge in [0.05, 0.1) is 5.92 Å². The first-order valence-corrected chi connectivity index (χ1v) is 9.65. The highest BCUT2D eigenvalue weighted by atomic mass is 35.5. The highest BCUT2D eigenvalue weighted by Crippen LogP contribution is 2.38. The Labute approximate surface area is 184 Å². The van der Waals surface area contributed by atoms with Gasteiger partial charge in [0.15, 0.2) is 0 Å². The minimum Gasteiger partial charge on any atom is -0.481 e. The van der Waals surface area contributed by atoms with E-state index in [0.717, 1.165) is 12.0 Å². The van der Waals surface area contributed by atoms with Gasteiger partial charge in [0.2, 0.25) is 0 Å². The molecule has 1 aliphatic rings. The molecule has 0 fully saturated rings. The molecule has 0 spiro atoms. The predicted octanol–water partition coefficient (Wildman–Crippen LogP) is 5.80. The number of nitrogens with two attached hydrogens (primary N) is 1. The van der Waals surface area contributed by atoms with Gasteiger partial charge >= 0.3 is 5.97 Å². The van der Waals surface area contributed by atoms with Crippen LogP contribution < -0.4 is 10.5 Å². The molecule has 0 heterocycles. The van der Waals surface area contributed by atoms with E-state index in [4.69, 9.17) is 22.1 Å². The lowest BCUT2D eigenvalue weighted by Crippen LogP contribution is -2.37. The summed E-state index contributed by atoms with van der Waals surface area (Å²) in [5.41, 5.74) is 8.98. The van der Waals surface area contributed by atoms with E-state index in [1.54, 1.807) is 18.2 Å². The van der Waals surface area contributed by atoms with E-state index < -0.39 is 23.7 Å². The summed E-state index contributed by atoms with van der Waals surface area (Å²) >= 11 is 6.00. The molecule has 0 saturated heterocycles. The Morgan fingerprint density at radius 2 is 1.90 bits per heavy atom. The number of rotatable bonds is 4. The van der Waals surface area contributed by atoms with Crippen molar-refractivity contribution in [3.63, 3.8) is 0 Å². The highest BCUT2D eigenvalue weighted by molar-refractivity contribution is 6.30. The second kappa shape index (κ2) is 9.04. The summed E-state index contributed by atoms with van der Waals surface area (Å²) in [6.45, 7) is 0. The molecule has 0 bridgehead atoms. The number of benzene rings is 3. The lowest BCUT2D eigenvalue weighted by molar-refractivity contribution is -0.139. The molecule has 1 aliphatic carbocycles. The molecule has 7 heteroatoms. The summed E-state index contributed by atoms with van der Waals surface area (Å²) in [5.74, 6) is -1.13. The van der Waals surface area contributed by atoms with E-state index in [1.807, 2.05) is 30.3 Å². The summed E-state index contributed by atoms with van der Waals surface area (Å²) in [5, 5.41) is 9.91. The van der Waals surface area contributed by atoms with E-state index in [2.05, 4.69) is 0 Å². The minimum absolute atomic E-state index is 0. The third-order valence-corrected chi connectivity index (χ3v) is 5.40. The molecular weight excluding hydrogens is 428 g/mol. The maximum absolute atomic E-state index is 13.8. The predicted molar refractivity (Wildman–Crippen MR) is 117 cm³/mol. The van der Waals surface area contributed by atoms with Crippen LogP contribution in [0.15, 0.2) is 60.7 Å². The summed E-state index contributed by atoms with van der Waals surface area (Å²) in [4.78, 5) is 11.7. The number of carbonyl (C=O) groups is 1. The summed E-state index contributed by atoms with van der Waals surface area (Å²) < 4.78 is 19.9. The average molecular weight is 448 g/mol. The lowest BCUT2D eigenvalue weighted by Gasteiger charge is -2.28. The van der Waals surface area contributed by atoms with Crippen molar-refractivity contribution in [3.8, 4) is 22.6 Å². The zero-order valence-corrected chi connectivity index (χ0v) is 17.4. The molecule has 30 heavy (non-hydrogen) atoms. The van der Waals surface area contributed by atoms with Crippen molar-refractivity contribution in [3.05, 3.63) is 82.6 Å². The van der Waals surface area contributed by atoms with Crippen LogP contribution >= 0.6 is 24.0 Å². The van der Waals surface area contributed by atoms with Crippen LogP contribution in [-0.2, 0) is 11.2 Å². The normalized spacial score (nSPS) is 17.6. The first kappa shape index (κ1) is 22.1. The van der Waals surface area contributed by atoms with Gasteiger partial charge in [-0.3, -0.25) is 4.79 Å². The van der Waals surface area contributed by atoms with E-state index in [9.17, 15) is 14.3 Å². The van der Waals surface area contributed by atoms with Gasteiger partial charge in [-0.25, -0.2) is 4.39 Å². The molecule has 2 unspecified atom stereocenters. The number of hydrogen-bond donors (Lipinski definition) is 2. The number of hydrogen-bond acceptors (Lipinski definition) is 3. The maximum Gasteiger partial charge on any atom is 0.312 e. The van der Waals surface area contributed by atoms with Crippen LogP contribution in [0.2, 0.25) is 5.02 Å². The number of fused-ring (bicyclic) bond motifs is 1. The van der Waals surface area contributed by atoms with Crippen LogP contribution in [0, 0.1) is 5.82 Å². The Bertz CT molecular complexity index is 1070. The van der Waals surface area contributed by atoms with Crippen LogP contribution in [0.5, 0.6) is 11.5 Å². The first-order chi connectivity index (χ1) is 13.9. The van der Waals surface area contributed by atoms with Crippen molar-refractivity contribution in [1.82, 2.24) is 0 Å². The molecule has 3 aromatic carbocycles. The molecule has 0 amide bonds. The Hall–Kier alpha value is -2.60. The average Bonchev–Trinajstić information content (AvgIpc) is 2.67. The van der Waals surface area contributed by atoms with Gasteiger partial charge in [-0.2, -0.15) is 0 Å². The third-order valence-electron chi connectivity index (χ3n) is 5.18. The smallest absolute Gasteiger partial charge is 0.312 e. The van der Waals surface area contributed by atoms with Crippen LogP contribution in [-0.4, -0.2) is 17.1 Å². The van der Waals surface area contributed by atoms with Gasteiger partial charge in [-0.15, -0.1) is 12.4 Å². The molecule has 4 rings (SSSR count). The number of para-hydroxylation sites is 1. The van der Waals surface area contributed by atoms with Gasteiger partial charge in [0, 0.05) is 16.6 Å². The summed E-state index contributed by atoms with van der Waals surface area (Å²) in [6.07, 6.45) is 1.37. The van der Waals surface area contributed by atoms with Gasteiger partial charge in [0.25, 0.3) is 0 Å². The van der Waals surface area contributed by atoms with Crippen molar-refractivity contribution in [2.45, 2.75) is 24.8 Å². The number of carboxylic acids is 1. The molecule has 0 radical (unpaired) electrons. The van der Waals surface area contributed by atoms with Gasteiger partial charge in [-0.05, 0) is 65.9 Å². The maximum atomic E-state index is 13.8. The Morgan fingerprint density at radius 3 is 2.63 bits per heavy atom. The second-order valence-electron chi connectivity index (χ2n) is 7.14. The van der Waals surface area contributed by atoms with Crippen molar-refractivity contribution >= 4 is 30.0 Å². The zero-order valence-electron chi connectivity index (χ0n) is 15.8. The topological polar surface area (TPSA) is 72.5 Å². The van der Waals surface area contributed by atoms with E-state index in [-0.39, 0.29) is 12.4 Å². The fourth-order valence-corrected chi connectivity index (χ4v) is 4.04. The highest BCUT2D eigenvalue weighted by Gasteiger charge is 2.33. The standard InChI is InChI=1S/C23H19ClFNO3.ClH/c24-15-9-14(10-16(25)11-15)18-3-1-2-4-21(18)29-17-7-5-13-6-8-20(26)22(23(27)28)19(13)12-17;/h1-5,7,9-12,20,22H,6,8,26H2,(H,27,28);1H. The van der Waals surface area contributed by atoms with Crippen LogP contribution in [0.4, 0.5) is 4.39 Å². The quantitative estimate of drug-likeness (QED) is 0.529. The molecule has 4 nitrogen and oxygen atoms in total. The number of ether oxygens (including phenoxy) is 1. The van der Waals surface area contributed by atoms with Gasteiger partial charge in [-0.1, -0.05) is 35.9 Å². The monoisotopic (exact) mass is 447 g/mol. The van der Waals surface area contributed by atoms with E-state index in [1.165, 1.54) is 12.1 Å². The minimum atomic E-state index is -0.939. The number of aryl methyl sites for hydroxylation is 1. The molecule has 156 valence electrons. The van der Waals surface area contributed by atoms with E-state index >= 15 is 0 Å². The van der Waals surface area contributed by atoms with Crippen molar-refractivity contribution < 1.29 is 19.0 Å². The largest absolute Gasteiger partial charge is 0.481 e. The lowest BCUT2D eigenvalue weighted by atomic mass is 9.79. The van der Waals surface area contributed by atoms with Crippen LogP contribution in [0.1, 0.15) is 23.5 Å². The molecule has 0 aromatic heterocycles. The molecule has 3 aromatic rings. The van der Waals surface area contributed by atoms with E-state index in [0.29, 0.717) is 39.6 Å². The van der Waals surface area contributed by atoms with Crippen molar-refractivity contribution in [1.29, 1.82) is 0 Å². The summed E-state index contributed by atoms with van der Waals surface area (Å²) in [7, 11) is 0. The van der Waals surface area contributed by atoms with Gasteiger partial charge in [0.1, 0.15) is 17.3 Å². The molecule has 2 atom stereocenters. The molecule has 0 saturated carbocycles. The third kappa shape index (κ3) is 4.43.